The van der Waals surface area contributed by atoms with Crippen LogP contribution in [0, 0.1) is 0 Å². The Labute approximate surface area is 125 Å². The zero-order chi connectivity index (χ0) is 15.7. The summed E-state index contributed by atoms with van der Waals surface area (Å²) in [6.45, 7) is 0. The van der Waals surface area contributed by atoms with Gasteiger partial charge in [-0.2, -0.15) is 33.1 Å². The zero-order valence-corrected chi connectivity index (χ0v) is 11.9. The Morgan fingerprint density at radius 2 is 1.81 bits per heavy atom. The van der Waals surface area contributed by atoms with Crippen LogP contribution in [0.3, 0.4) is 0 Å². The summed E-state index contributed by atoms with van der Waals surface area (Å²) in [5.41, 5.74) is -3.30. The molecule has 1 aromatic heterocycles. The van der Waals surface area contributed by atoms with Gasteiger partial charge >= 0.3 is 11.7 Å². The molecule has 21 heavy (non-hydrogen) atoms. The third-order valence-corrected chi connectivity index (χ3v) is 3.65. The number of aromatic amines is 1. The number of rotatable bonds is 4. The highest BCUT2D eigenvalue weighted by Gasteiger charge is 2.28. The van der Waals surface area contributed by atoms with Gasteiger partial charge in [0.15, 0.2) is 0 Å². The summed E-state index contributed by atoms with van der Waals surface area (Å²) in [6, 6.07) is 6.30. The summed E-state index contributed by atoms with van der Waals surface area (Å²) in [6.07, 6.45) is 1.85. The summed E-state index contributed by atoms with van der Waals surface area (Å²) in [4.78, 5) is 16.4. The Bertz CT molecular complexity index is 567. The van der Waals surface area contributed by atoms with Gasteiger partial charge < -0.3 is 0 Å². The fraction of sp³-hybridized carbons (Fsp3) is 0.182. The quantitative estimate of drug-likeness (QED) is 0.865. The lowest BCUT2D eigenvalue weighted by molar-refractivity contribution is -0.191. The summed E-state index contributed by atoms with van der Waals surface area (Å²) in [5.74, 6) is 0.642. The topological polar surface area (TPSA) is 75.7 Å². The van der Waals surface area contributed by atoms with E-state index in [2.05, 4.69) is 15.4 Å². The number of alkyl halides is 3. The number of carbonyl (C=O) groups excluding carboxylic acids is 2. The molecule has 2 rings (SSSR count). The molecule has 1 N–H and O–H groups in total. The predicted octanol–water partition coefficient (Wildman–Crippen LogP) is 3.13. The van der Waals surface area contributed by atoms with Crippen molar-refractivity contribution in [3.63, 3.8) is 0 Å². The lowest BCUT2D eigenvalue weighted by atomic mass is 10.2. The Morgan fingerprint density at radius 3 is 2.29 bits per heavy atom. The number of hydrogen-bond donors (Lipinski definition) is 1. The minimum Gasteiger partial charge on any atom is -0.197 e. The molecule has 1 aromatic carbocycles. The maximum atomic E-state index is 12.1. The summed E-state index contributed by atoms with van der Waals surface area (Å²) in [5, 5.41) is 10.8. The summed E-state index contributed by atoms with van der Waals surface area (Å²) in [7, 11) is 0. The van der Waals surface area contributed by atoms with Gasteiger partial charge in [0.05, 0.1) is 6.20 Å². The first-order valence-corrected chi connectivity index (χ1v) is 7.07. The largest absolute Gasteiger partial charge is 0.446 e. The maximum absolute atomic E-state index is 12.1. The van der Waals surface area contributed by atoms with Crippen LogP contribution in [0.1, 0.15) is 5.56 Å². The van der Waals surface area contributed by atoms with Crippen molar-refractivity contribution in [1.82, 2.24) is 15.4 Å². The third-order valence-electron chi connectivity index (χ3n) is 1.94. The van der Waals surface area contributed by atoms with Crippen molar-refractivity contribution >= 4 is 29.7 Å². The smallest absolute Gasteiger partial charge is 0.197 e. The molecule has 0 saturated heterocycles. The highest BCUT2D eigenvalue weighted by molar-refractivity contribution is 8.00. The molecule has 0 fully saturated rings. The average molecular weight is 335 g/mol. The number of H-pyrrole nitrogens is 1. The fourth-order valence-electron chi connectivity index (χ4n) is 1.21. The monoisotopic (exact) mass is 335 g/mol. The van der Waals surface area contributed by atoms with Crippen LogP contribution in [0.4, 0.5) is 13.2 Å². The van der Waals surface area contributed by atoms with Gasteiger partial charge in [-0.25, -0.2) is 0 Å². The van der Waals surface area contributed by atoms with Crippen molar-refractivity contribution in [3.8, 4) is 0 Å². The van der Waals surface area contributed by atoms with Crippen LogP contribution in [0.25, 0.3) is 0 Å². The van der Waals surface area contributed by atoms with Gasteiger partial charge in [0.2, 0.25) is 0 Å². The van der Waals surface area contributed by atoms with Crippen molar-refractivity contribution in [1.29, 1.82) is 0 Å². The van der Waals surface area contributed by atoms with Gasteiger partial charge in [0, 0.05) is 10.6 Å². The van der Waals surface area contributed by atoms with Crippen molar-refractivity contribution in [2.75, 3.05) is 0 Å². The Kier molecular flexibility index (Phi) is 7.00. The molecule has 10 heteroatoms. The standard InChI is InChI=1S/C10H8F3N3S2.CO2/c11-10(12,13)18-8-3-1-7(2-4-8)6-17-9-5-14-16-15-9;2-1-3/h1-5H,6H2,(H,14,15,16);. The molecular formula is C11H8F3N3O2S2. The van der Waals surface area contributed by atoms with Crippen LogP contribution in [-0.4, -0.2) is 27.1 Å². The van der Waals surface area contributed by atoms with Gasteiger partial charge in [-0.05, 0) is 29.5 Å². The van der Waals surface area contributed by atoms with Crippen LogP contribution >= 0.6 is 23.5 Å². The molecule has 5 nitrogen and oxygen atoms in total. The molecule has 0 aliphatic heterocycles. The number of thioether (sulfide) groups is 2. The first kappa shape index (κ1) is 17.3. The average Bonchev–Trinajstić information content (AvgIpc) is 2.90. The van der Waals surface area contributed by atoms with E-state index in [0.29, 0.717) is 5.75 Å². The van der Waals surface area contributed by atoms with Gasteiger partial charge in [0.25, 0.3) is 0 Å². The van der Waals surface area contributed by atoms with Crippen LogP contribution in [-0.2, 0) is 15.3 Å². The number of benzene rings is 1. The van der Waals surface area contributed by atoms with Crippen molar-refractivity contribution in [2.45, 2.75) is 21.2 Å². The zero-order valence-electron chi connectivity index (χ0n) is 10.3. The lowest BCUT2D eigenvalue weighted by Crippen LogP contribution is -1.98. The predicted molar refractivity (Wildman–Crippen MR) is 69.3 cm³/mol. The van der Waals surface area contributed by atoms with Crippen LogP contribution in [0.5, 0.6) is 0 Å². The minimum atomic E-state index is -4.24. The first-order valence-electron chi connectivity index (χ1n) is 5.27. The normalized spacial score (nSPS) is 10.4. The van der Waals surface area contributed by atoms with E-state index in [4.69, 9.17) is 9.59 Å². The lowest BCUT2D eigenvalue weighted by Gasteiger charge is -2.06. The number of aromatic nitrogens is 3. The van der Waals surface area contributed by atoms with Gasteiger partial charge in [0.1, 0.15) is 5.03 Å². The molecule has 0 atom stereocenters. The fourth-order valence-corrected chi connectivity index (χ4v) is 2.48. The third kappa shape index (κ3) is 7.54. The minimum absolute atomic E-state index is 0.109. The van der Waals surface area contributed by atoms with Crippen molar-refractivity contribution in [3.05, 3.63) is 36.0 Å². The van der Waals surface area contributed by atoms with Crippen LogP contribution < -0.4 is 0 Å². The number of hydrogen-bond acceptors (Lipinski definition) is 6. The highest BCUT2D eigenvalue weighted by atomic mass is 32.2. The SMILES string of the molecule is FC(F)(F)Sc1ccc(CSc2cn[nH]n2)cc1.O=C=O. The molecular weight excluding hydrogens is 327 g/mol. The molecule has 1 heterocycles. The summed E-state index contributed by atoms with van der Waals surface area (Å²) < 4.78 is 36.3. The molecule has 2 aromatic rings. The molecule has 0 aliphatic rings. The van der Waals surface area contributed by atoms with Crippen LogP contribution in [0.2, 0.25) is 0 Å². The molecule has 0 amide bonds. The number of nitrogens with zero attached hydrogens (tertiary/aromatic N) is 2. The molecule has 0 bridgehead atoms. The summed E-state index contributed by atoms with van der Waals surface area (Å²) >= 11 is 1.36. The number of nitrogens with one attached hydrogen (secondary N) is 1. The van der Waals surface area contributed by atoms with E-state index in [1.807, 2.05) is 0 Å². The van der Waals surface area contributed by atoms with Gasteiger partial charge in [-0.1, -0.05) is 23.9 Å². The van der Waals surface area contributed by atoms with E-state index in [9.17, 15) is 13.2 Å². The second-order valence-electron chi connectivity index (χ2n) is 3.37. The van der Waals surface area contributed by atoms with Gasteiger partial charge in [-0.15, -0.1) is 5.10 Å². The van der Waals surface area contributed by atoms with Gasteiger partial charge in [-0.3, -0.25) is 0 Å². The van der Waals surface area contributed by atoms with Crippen molar-refractivity contribution < 1.29 is 22.8 Å². The second-order valence-corrected chi connectivity index (χ2v) is 5.51. The molecule has 0 spiro atoms. The number of halogens is 3. The van der Waals surface area contributed by atoms with E-state index in [-0.39, 0.29) is 22.8 Å². The van der Waals surface area contributed by atoms with Crippen LogP contribution in [0.15, 0.2) is 40.4 Å². The molecule has 0 radical (unpaired) electrons. The Morgan fingerprint density at radius 1 is 1.19 bits per heavy atom. The Hall–Kier alpha value is -1.77. The highest BCUT2D eigenvalue weighted by Crippen LogP contribution is 2.36. The van der Waals surface area contributed by atoms with Crippen molar-refractivity contribution in [2.24, 2.45) is 0 Å². The van der Waals surface area contributed by atoms with E-state index in [1.165, 1.54) is 23.9 Å². The van der Waals surface area contributed by atoms with E-state index < -0.39 is 5.51 Å². The second kappa shape index (κ2) is 8.50. The first-order chi connectivity index (χ1) is 9.94. The van der Waals surface area contributed by atoms with E-state index in [1.54, 1.807) is 18.3 Å². The molecule has 0 unspecified atom stereocenters. The molecule has 0 saturated carbocycles. The molecule has 112 valence electrons. The van der Waals surface area contributed by atoms with E-state index >= 15 is 0 Å². The Balaban J connectivity index is 0.000000677. The maximum Gasteiger partial charge on any atom is 0.446 e. The van der Waals surface area contributed by atoms with E-state index in [0.717, 1.165) is 10.6 Å². The molecule has 0 aliphatic carbocycles.